The number of rotatable bonds is 9. The number of methoxy groups -OCH3 is 5. The molecule has 178 valence electrons. The summed E-state index contributed by atoms with van der Waals surface area (Å²) in [6.45, 7) is 0.160. The van der Waals surface area contributed by atoms with Gasteiger partial charge in [0.2, 0.25) is 5.75 Å². The van der Waals surface area contributed by atoms with Crippen LogP contribution >= 0.6 is 11.3 Å². The zero-order valence-corrected chi connectivity index (χ0v) is 20.2. The molecule has 0 aliphatic carbocycles. The van der Waals surface area contributed by atoms with Crippen LogP contribution in [0.15, 0.2) is 47.1 Å². The van der Waals surface area contributed by atoms with Crippen LogP contribution in [0.25, 0.3) is 10.2 Å². The van der Waals surface area contributed by atoms with E-state index < -0.39 is 0 Å². The van der Waals surface area contributed by atoms with E-state index in [0.717, 1.165) is 4.70 Å². The van der Waals surface area contributed by atoms with Gasteiger partial charge in [-0.25, -0.2) is 4.98 Å². The molecule has 0 spiro atoms. The molecule has 10 heteroatoms. The number of ether oxygens (including phenoxy) is 5. The third-order valence-electron chi connectivity index (χ3n) is 5.18. The number of thiazole rings is 1. The van der Waals surface area contributed by atoms with E-state index in [-0.39, 0.29) is 12.5 Å². The molecule has 0 aliphatic heterocycles. The number of aromatic nitrogens is 1. The fourth-order valence-electron chi connectivity index (χ4n) is 3.53. The molecule has 4 aromatic rings. The normalized spacial score (nSPS) is 10.7. The first-order valence-corrected chi connectivity index (χ1v) is 11.0. The van der Waals surface area contributed by atoms with Crippen molar-refractivity contribution >= 4 is 32.6 Å². The predicted octanol–water partition coefficient (Wildman–Crippen LogP) is 4.78. The number of anilines is 1. The van der Waals surface area contributed by atoms with Crippen molar-refractivity contribution in [3.63, 3.8) is 0 Å². The van der Waals surface area contributed by atoms with E-state index in [9.17, 15) is 4.79 Å². The van der Waals surface area contributed by atoms with Crippen LogP contribution in [0.1, 0.15) is 16.1 Å². The van der Waals surface area contributed by atoms with Gasteiger partial charge in [0.15, 0.2) is 16.6 Å². The lowest BCUT2D eigenvalue weighted by molar-refractivity contribution is 0.0982. The number of furan rings is 1. The summed E-state index contributed by atoms with van der Waals surface area (Å²) < 4.78 is 33.5. The summed E-state index contributed by atoms with van der Waals surface area (Å²) in [6, 6.07) is 10.4. The molecule has 4 rings (SSSR count). The maximum Gasteiger partial charge on any atom is 0.260 e. The number of fused-ring (bicyclic) bond motifs is 1. The third-order valence-corrected chi connectivity index (χ3v) is 6.27. The zero-order chi connectivity index (χ0) is 24.2. The average Bonchev–Trinajstić information content (AvgIpc) is 3.55. The minimum atomic E-state index is -0.326. The lowest BCUT2D eigenvalue weighted by Gasteiger charge is -2.20. The second kappa shape index (κ2) is 9.92. The molecule has 9 nitrogen and oxygen atoms in total. The van der Waals surface area contributed by atoms with Gasteiger partial charge < -0.3 is 28.1 Å². The first-order valence-electron chi connectivity index (χ1n) is 10.2. The molecule has 0 bridgehead atoms. The maximum absolute atomic E-state index is 13.8. The molecule has 0 saturated carbocycles. The van der Waals surface area contributed by atoms with Gasteiger partial charge in [0.25, 0.3) is 5.91 Å². The molecule has 0 aliphatic rings. The van der Waals surface area contributed by atoms with Gasteiger partial charge in [-0.2, -0.15) is 0 Å². The Hall–Kier alpha value is -3.92. The monoisotopic (exact) mass is 484 g/mol. The number of benzene rings is 2. The third kappa shape index (κ3) is 4.19. The van der Waals surface area contributed by atoms with E-state index in [0.29, 0.717) is 50.7 Å². The van der Waals surface area contributed by atoms with Crippen molar-refractivity contribution in [1.82, 2.24) is 4.98 Å². The van der Waals surface area contributed by atoms with E-state index in [4.69, 9.17) is 33.1 Å². The van der Waals surface area contributed by atoms with Crippen LogP contribution in [0, 0.1) is 0 Å². The highest BCUT2D eigenvalue weighted by atomic mass is 32.1. The van der Waals surface area contributed by atoms with Crippen molar-refractivity contribution < 1.29 is 32.9 Å². The van der Waals surface area contributed by atoms with Crippen LogP contribution in [0.2, 0.25) is 0 Å². The quantitative estimate of drug-likeness (QED) is 0.335. The fourth-order valence-corrected chi connectivity index (χ4v) is 4.61. The number of nitrogens with zero attached hydrogens (tertiary/aromatic N) is 2. The Morgan fingerprint density at radius 2 is 1.56 bits per heavy atom. The topological polar surface area (TPSA) is 92.5 Å². The lowest BCUT2D eigenvalue weighted by atomic mass is 10.1. The van der Waals surface area contributed by atoms with Gasteiger partial charge in [0.1, 0.15) is 27.5 Å². The van der Waals surface area contributed by atoms with E-state index in [2.05, 4.69) is 0 Å². The highest BCUT2D eigenvalue weighted by molar-refractivity contribution is 7.22. The highest BCUT2D eigenvalue weighted by Gasteiger charge is 2.27. The minimum Gasteiger partial charge on any atom is -0.495 e. The lowest BCUT2D eigenvalue weighted by Crippen LogP contribution is -2.30. The summed E-state index contributed by atoms with van der Waals surface area (Å²) in [5.41, 5.74) is 0.934. The summed E-state index contributed by atoms with van der Waals surface area (Å²) in [6.07, 6.45) is 1.56. The molecule has 2 aromatic heterocycles. The summed E-state index contributed by atoms with van der Waals surface area (Å²) in [5, 5.41) is 0.452. The Labute approximate surface area is 200 Å². The van der Waals surface area contributed by atoms with E-state index >= 15 is 0 Å². The molecule has 34 heavy (non-hydrogen) atoms. The van der Waals surface area contributed by atoms with Crippen LogP contribution in [0.4, 0.5) is 5.13 Å². The molecule has 0 saturated heterocycles. The van der Waals surface area contributed by atoms with Crippen molar-refractivity contribution in [1.29, 1.82) is 0 Å². The number of carbonyl (C=O) groups excluding carboxylic acids is 1. The number of carbonyl (C=O) groups is 1. The van der Waals surface area contributed by atoms with Crippen molar-refractivity contribution in [2.45, 2.75) is 6.54 Å². The Kier molecular flexibility index (Phi) is 6.78. The molecule has 0 atom stereocenters. The number of hydrogen-bond donors (Lipinski definition) is 0. The van der Waals surface area contributed by atoms with Gasteiger partial charge in [0.05, 0.1) is 48.4 Å². The van der Waals surface area contributed by atoms with E-state index in [1.807, 2.05) is 0 Å². The van der Waals surface area contributed by atoms with Gasteiger partial charge >= 0.3 is 0 Å². The van der Waals surface area contributed by atoms with Gasteiger partial charge in [0, 0.05) is 5.56 Å². The van der Waals surface area contributed by atoms with Gasteiger partial charge in [-0.05, 0) is 36.4 Å². The molecule has 0 unspecified atom stereocenters. The number of hydrogen-bond acceptors (Lipinski definition) is 9. The van der Waals surface area contributed by atoms with Crippen molar-refractivity contribution in [2.24, 2.45) is 0 Å². The fraction of sp³-hybridized carbons (Fsp3) is 0.250. The predicted molar refractivity (Wildman–Crippen MR) is 128 cm³/mol. The van der Waals surface area contributed by atoms with Crippen LogP contribution in [0.5, 0.6) is 28.7 Å². The maximum atomic E-state index is 13.8. The summed E-state index contributed by atoms with van der Waals surface area (Å²) in [7, 11) is 7.66. The Balaban J connectivity index is 1.85. The standard InChI is InChI=1S/C24H24N2O7S/c1-28-16-8-9-17(29-2)22-20(16)25-24(34-22)26(13-15-7-6-10-33-15)23(27)14-11-18(30-3)21(32-5)19(12-14)31-4/h6-12H,13H2,1-5H3. The molecule has 0 N–H and O–H groups in total. The smallest absolute Gasteiger partial charge is 0.260 e. The minimum absolute atomic E-state index is 0.160. The Morgan fingerprint density at radius 1 is 0.912 bits per heavy atom. The molecule has 2 aromatic carbocycles. The van der Waals surface area contributed by atoms with Gasteiger partial charge in [-0.15, -0.1) is 0 Å². The SMILES string of the molecule is COc1cc(C(=O)N(Cc2ccco2)c2nc3c(OC)ccc(OC)c3s2)cc(OC)c1OC. The first kappa shape index (κ1) is 23.2. The van der Waals surface area contributed by atoms with E-state index in [1.165, 1.54) is 37.6 Å². The molecule has 1 amide bonds. The van der Waals surface area contributed by atoms with Crippen LogP contribution in [-0.4, -0.2) is 46.4 Å². The molecular formula is C24H24N2O7S. The van der Waals surface area contributed by atoms with Crippen LogP contribution in [0.3, 0.4) is 0 Å². The molecule has 0 fully saturated rings. The first-order chi connectivity index (χ1) is 16.5. The summed E-state index contributed by atoms with van der Waals surface area (Å²) in [4.78, 5) is 20.1. The van der Waals surface area contributed by atoms with Gasteiger partial charge in [-0.1, -0.05) is 11.3 Å². The second-order valence-electron chi connectivity index (χ2n) is 7.03. The van der Waals surface area contributed by atoms with Crippen molar-refractivity contribution in [3.05, 3.63) is 54.0 Å². The summed E-state index contributed by atoms with van der Waals surface area (Å²) >= 11 is 1.32. The van der Waals surface area contributed by atoms with Crippen molar-refractivity contribution in [2.75, 3.05) is 40.4 Å². The Bertz CT molecular complexity index is 1230. The van der Waals surface area contributed by atoms with Crippen LogP contribution in [-0.2, 0) is 6.54 Å². The molecule has 0 radical (unpaired) electrons. The zero-order valence-electron chi connectivity index (χ0n) is 19.4. The highest BCUT2D eigenvalue weighted by Crippen LogP contribution is 2.42. The average molecular weight is 485 g/mol. The molecular weight excluding hydrogens is 460 g/mol. The van der Waals surface area contributed by atoms with Crippen molar-refractivity contribution in [3.8, 4) is 28.7 Å². The molecule has 2 heterocycles. The Morgan fingerprint density at radius 3 is 2.12 bits per heavy atom. The number of amides is 1. The largest absolute Gasteiger partial charge is 0.495 e. The van der Waals surface area contributed by atoms with E-state index in [1.54, 1.807) is 56.9 Å². The van der Waals surface area contributed by atoms with Gasteiger partial charge in [-0.3, -0.25) is 9.69 Å². The second-order valence-corrected chi connectivity index (χ2v) is 8.01. The summed E-state index contributed by atoms with van der Waals surface area (Å²) in [5.74, 6) is 2.63. The van der Waals surface area contributed by atoms with Crippen LogP contribution < -0.4 is 28.6 Å².